The Morgan fingerprint density at radius 2 is 2.06 bits per heavy atom. The van der Waals surface area contributed by atoms with Gasteiger partial charge in [-0.1, -0.05) is 0 Å². The SMILES string of the molecule is NC(=O)c1ccc(Oc2ccc(Br)c(F)c2)nn1. The summed E-state index contributed by atoms with van der Waals surface area (Å²) in [6.45, 7) is 0. The molecule has 18 heavy (non-hydrogen) atoms. The van der Waals surface area contributed by atoms with Gasteiger partial charge in [-0.05, 0) is 34.1 Å². The highest BCUT2D eigenvalue weighted by molar-refractivity contribution is 9.10. The average Bonchev–Trinajstić information content (AvgIpc) is 2.34. The summed E-state index contributed by atoms with van der Waals surface area (Å²) in [5, 5.41) is 7.20. The molecule has 5 nitrogen and oxygen atoms in total. The topological polar surface area (TPSA) is 78.1 Å². The van der Waals surface area contributed by atoms with Crippen molar-refractivity contribution in [2.24, 2.45) is 5.73 Å². The number of aromatic nitrogens is 2. The molecule has 0 radical (unpaired) electrons. The van der Waals surface area contributed by atoms with Gasteiger partial charge < -0.3 is 10.5 Å². The predicted molar refractivity (Wildman–Crippen MR) is 64.7 cm³/mol. The van der Waals surface area contributed by atoms with Crippen molar-refractivity contribution in [2.45, 2.75) is 0 Å². The molecule has 2 N–H and O–H groups in total. The molecule has 1 aromatic heterocycles. The van der Waals surface area contributed by atoms with Crippen LogP contribution in [0.2, 0.25) is 0 Å². The average molecular weight is 312 g/mol. The largest absolute Gasteiger partial charge is 0.437 e. The summed E-state index contributed by atoms with van der Waals surface area (Å²) in [6.07, 6.45) is 0. The van der Waals surface area contributed by atoms with Crippen LogP contribution in [0.1, 0.15) is 10.5 Å². The second-order valence-electron chi connectivity index (χ2n) is 3.30. The summed E-state index contributed by atoms with van der Waals surface area (Å²) in [5.41, 5.74) is 5.05. The Bertz CT molecular complexity index is 589. The van der Waals surface area contributed by atoms with Crippen molar-refractivity contribution in [1.82, 2.24) is 10.2 Å². The van der Waals surface area contributed by atoms with Crippen molar-refractivity contribution in [3.05, 3.63) is 46.3 Å². The van der Waals surface area contributed by atoms with Crippen LogP contribution < -0.4 is 10.5 Å². The maximum atomic E-state index is 13.2. The zero-order valence-corrected chi connectivity index (χ0v) is 10.5. The fraction of sp³-hybridized carbons (Fsp3) is 0. The lowest BCUT2D eigenvalue weighted by atomic mass is 10.3. The minimum Gasteiger partial charge on any atom is -0.437 e. The molecule has 0 aliphatic heterocycles. The first-order chi connectivity index (χ1) is 8.56. The number of benzene rings is 1. The van der Waals surface area contributed by atoms with Crippen molar-refractivity contribution in [3.8, 4) is 11.6 Å². The second-order valence-corrected chi connectivity index (χ2v) is 4.15. The van der Waals surface area contributed by atoms with Crippen LogP contribution >= 0.6 is 15.9 Å². The van der Waals surface area contributed by atoms with E-state index in [0.717, 1.165) is 0 Å². The second kappa shape index (κ2) is 5.09. The molecule has 0 saturated carbocycles. The van der Waals surface area contributed by atoms with Crippen LogP contribution in [0.4, 0.5) is 4.39 Å². The van der Waals surface area contributed by atoms with E-state index < -0.39 is 11.7 Å². The van der Waals surface area contributed by atoms with E-state index in [-0.39, 0.29) is 17.3 Å². The first-order valence-electron chi connectivity index (χ1n) is 4.82. The number of nitrogens with zero attached hydrogens (tertiary/aromatic N) is 2. The Morgan fingerprint density at radius 1 is 1.28 bits per heavy atom. The van der Waals surface area contributed by atoms with E-state index in [1.807, 2.05) is 0 Å². The van der Waals surface area contributed by atoms with Gasteiger partial charge in [0.05, 0.1) is 4.47 Å². The third-order valence-electron chi connectivity index (χ3n) is 2.01. The molecule has 1 heterocycles. The molecule has 1 amide bonds. The fourth-order valence-electron chi connectivity index (χ4n) is 1.17. The van der Waals surface area contributed by atoms with Crippen molar-refractivity contribution < 1.29 is 13.9 Å². The highest BCUT2D eigenvalue weighted by atomic mass is 79.9. The number of amides is 1. The van der Waals surface area contributed by atoms with Crippen LogP contribution in [-0.2, 0) is 0 Å². The van der Waals surface area contributed by atoms with Crippen molar-refractivity contribution in [3.63, 3.8) is 0 Å². The molecule has 0 unspecified atom stereocenters. The summed E-state index contributed by atoms with van der Waals surface area (Å²) < 4.78 is 18.8. The van der Waals surface area contributed by atoms with E-state index in [0.29, 0.717) is 4.47 Å². The van der Waals surface area contributed by atoms with Gasteiger partial charge >= 0.3 is 0 Å². The van der Waals surface area contributed by atoms with E-state index >= 15 is 0 Å². The Balaban J connectivity index is 2.18. The summed E-state index contributed by atoms with van der Waals surface area (Å²) in [7, 11) is 0. The van der Waals surface area contributed by atoms with E-state index in [2.05, 4.69) is 26.1 Å². The van der Waals surface area contributed by atoms with Crippen molar-refractivity contribution in [2.75, 3.05) is 0 Å². The third kappa shape index (κ3) is 2.80. The predicted octanol–water partition coefficient (Wildman–Crippen LogP) is 2.27. The maximum absolute atomic E-state index is 13.2. The Hall–Kier alpha value is -2.02. The minimum absolute atomic E-state index is 0.0318. The van der Waals surface area contributed by atoms with Crippen LogP contribution in [0.5, 0.6) is 11.6 Å². The Morgan fingerprint density at radius 3 is 2.61 bits per heavy atom. The van der Waals surface area contributed by atoms with E-state index in [9.17, 15) is 9.18 Å². The van der Waals surface area contributed by atoms with Gasteiger partial charge in [-0.2, -0.15) is 0 Å². The quantitative estimate of drug-likeness (QED) is 0.943. The van der Waals surface area contributed by atoms with Gasteiger partial charge in [0.2, 0.25) is 5.88 Å². The number of halogens is 2. The summed E-state index contributed by atoms with van der Waals surface area (Å²) in [4.78, 5) is 10.8. The first-order valence-corrected chi connectivity index (χ1v) is 5.62. The first kappa shape index (κ1) is 12.4. The molecule has 0 fully saturated rings. The zero-order valence-electron chi connectivity index (χ0n) is 8.93. The molecule has 2 aromatic rings. The molecule has 0 spiro atoms. The molecule has 7 heteroatoms. The molecule has 2 rings (SSSR count). The lowest BCUT2D eigenvalue weighted by Crippen LogP contribution is -2.13. The molecule has 0 bridgehead atoms. The smallest absolute Gasteiger partial charge is 0.269 e. The number of carbonyl (C=O) groups is 1. The number of hydrogen-bond donors (Lipinski definition) is 1. The van der Waals surface area contributed by atoms with Gasteiger partial charge in [0.1, 0.15) is 11.6 Å². The fourth-order valence-corrected chi connectivity index (χ4v) is 1.41. The van der Waals surface area contributed by atoms with Gasteiger partial charge in [0.25, 0.3) is 5.91 Å². The summed E-state index contributed by atoms with van der Waals surface area (Å²) in [6, 6.07) is 7.08. The highest BCUT2D eigenvalue weighted by Crippen LogP contribution is 2.24. The zero-order chi connectivity index (χ0) is 13.1. The molecule has 0 atom stereocenters. The molecular formula is C11H7BrFN3O2. The Kier molecular flexibility index (Phi) is 3.52. The van der Waals surface area contributed by atoms with Crippen LogP contribution in [0.3, 0.4) is 0 Å². The standard InChI is InChI=1S/C11H7BrFN3O2/c12-7-2-1-6(5-8(7)13)18-10-4-3-9(11(14)17)15-16-10/h1-5H,(H2,14,17). The number of rotatable bonds is 3. The van der Waals surface area contributed by atoms with Gasteiger partial charge in [0.15, 0.2) is 5.69 Å². The molecule has 0 saturated heterocycles. The normalized spacial score (nSPS) is 10.1. The minimum atomic E-state index is -0.677. The molecular weight excluding hydrogens is 305 g/mol. The van der Waals surface area contributed by atoms with Crippen LogP contribution in [-0.4, -0.2) is 16.1 Å². The summed E-state index contributed by atoms with van der Waals surface area (Å²) >= 11 is 3.03. The number of ether oxygens (including phenoxy) is 1. The molecule has 0 aliphatic carbocycles. The van der Waals surface area contributed by atoms with Gasteiger partial charge in [-0.25, -0.2) is 4.39 Å². The summed E-state index contributed by atoms with van der Waals surface area (Å²) in [5.74, 6) is -0.712. The van der Waals surface area contributed by atoms with E-state index in [4.69, 9.17) is 10.5 Å². The Labute approximate surface area is 110 Å². The lowest BCUT2D eigenvalue weighted by Gasteiger charge is -2.04. The van der Waals surface area contributed by atoms with Crippen molar-refractivity contribution in [1.29, 1.82) is 0 Å². The number of primary amides is 1. The van der Waals surface area contributed by atoms with Gasteiger partial charge in [0, 0.05) is 12.1 Å². The van der Waals surface area contributed by atoms with E-state index in [1.165, 1.54) is 24.3 Å². The van der Waals surface area contributed by atoms with Gasteiger partial charge in [-0.15, -0.1) is 10.2 Å². The molecule has 0 aliphatic rings. The molecule has 1 aromatic carbocycles. The number of nitrogens with two attached hydrogens (primary N) is 1. The van der Waals surface area contributed by atoms with Crippen LogP contribution in [0.15, 0.2) is 34.8 Å². The lowest BCUT2D eigenvalue weighted by molar-refractivity contribution is 0.0994. The van der Waals surface area contributed by atoms with Crippen LogP contribution in [0.25, 0.3) is 0 Å². The van der Waals surface area contributed by atoms with Crippen molar-refractivity contribution >= 4 is 21.8 Å². The monoisotopic (exact) mass is 311 g/mol. The van der Waals surface area contributed by atoms with E-state index in [1.54, 1.807) is 6.07 Å². The third-order valence-corrected chi connectivity index (χ3v) is 2.65. The maximum Gasteiger partial charge on any atom is 0.269 e. The number of carbonyl (C=O) groups excluding carboxylic acids is 1. The highest BCUT2D eigenvalue weighted by Gasteiger charge is 2.06. The van der Waals surface area contributed by atoms with Gasteiger partial charge in [-0.3, -0.25) is 4.79 Å². The number of hydrogen-bond acceptors (Lipinski definition) is 4. The van der Waals surface area contributed by atoms with Crippen LogP contribution in [0, 0.1) is 5.82 Å². The molecule has 92 valence electrons.